The molecule has 4 N–H and O–H groups in total. The second-order valence-electron chi connectivity index (χ2n) is 4.31. The lowest BCUT2D eigenvalue weighted by Gasteiger charge is -2.22. The van der Waals surface area contributed by atoms with Gasteiger partial charge < -0.3 is 11.5 Å². The molecule has 1 aliphatic heterocycles. The molecule has 1 aliphatic rings. The van der Waals surface area contributed by atoms with Crippen molar-refractivity contribution >= 4 is 17.7 Å². The van der Waals surface area contributed by atoms with E-state index in [2.05, 4.69) is 0 Å². The highest BCUT2D eigenvalue weighted by molar-refractivity contribution is 6.06. The van der Waals surface area contributed by atoms with Gasteiger partial charge in [0.2, 0.25) is 17.7 Å². The number of likely N-dealkylation sites (tertiary alicyclic amines) is 1. The second-order valence-corrected chi connectivity index (χ2v) is 4.31. The third-order valence-corrected chi connectivity index (χ3v) is 2.89. The SMILES string of the molecule is CC(C)C1CC(=O)N(C(CN)C(N)=O)C1=O. The molecule has 2 unspecified atom stereocenters. The Hall–Kier alpha value is -1.43. The van der Waals surface area contributed by atoms with E-state index in [0.29, 0.717) is 0 Å². The van der Waals surface area contributed by atoms with Crippen LogP contribution in [-0.4, -0.2) is 35.2 Å². The molecule has 2 atom stereocenters. The Labute approximate surface area is 93.9 Å². The summed E-state index contributed by atoms with van der Waals surface area (Å²) in [5, 5.41) is 0. The van der Waals surface area contributed by atoms with E-state index < -0.39 is 11.9 Å². The van der Waals surface area contributed by atoms with E-state index in [-0.39, 0.29) is 36.6 Å². The first kappa shape index (κ1) is 12.6. The van der Waals surface area contributed by atoms with Crippen LogP contribution in [-0.2, 0) is 14.4 Å². The van der Waals surface area contributed by atoms with Gasteiger partial charge in [0.05, 0.1) is 0 Å². The molecule has 6 heteroatoms. The number of primary amides is 1. The molecule has 0 radical (unpaired) electrons. The van der Waals surface area contributed by atoms with Crippen LogP contribution in [0.25, 0.3) is 0 Å². The molecule has 6 nitrogen and oxygen atoms in total. The average Bonchev–Trinajstić information content (AvgIpc) is 2.46. The average molecular weight is 227 g/mol. The van der Waals surface area contributed by atoms with Crippen molar-refractivity contribution in [1.29, 1.82) is 0 Å². The summed E-state index contributed by atoms with van der Waals surface area (Å²) in [5.41, 5.74) is 10.5. The van der Waals surface area contributed by atoms with Crippen LogP contribution in [0.2, 0.25) is 0 Å². The highest BCUT2D eigenvalue weighted by atomic mass is 16.2. The van der Waals surface area contributed by atoms with Gasteiger partial charge in [-0.05, 0) is 5.92 Å². The molecule has 90 valence electrons. The lowest BCUT2D eigenvalue weighted by molar-refractivity contribution is -0.146. The number of amides is 3. The van der Waals surface area contributed by atoms with Crippen LogP contribution in [0.5, 0.6) is 0 Å². The van der Waals surface area contributed by atoms with E-state index in [4.69, 9.17) is 11.5 Å². The van der Waals surface area contributed by atoms with Gasteiger partial charge in [0.15, 0.2) is 0 Å². The maximum atomic E-state index is 11.9. The Morgan fingerprint density at radius 1 is 1.50 bits per heavy atom. The molecule has 0 saturated carbocycles. The van der Waals surface area contributed by atoms with Gasteiger partial charge >= 0.3 is 0 Å². The maximum absolute atomic E-state index is 11.9. The number of rotatable bonds is 4. The lowest BCUT2D eigenvalue weighted by Crippen LogP contribution is -2.52. The van der Waals surface area contributed by atoms with Crippen molar-refractivity contribution in [2.45, 2.75) is 26.3 Å². The third-order valence-electron chi connectivity index (χ3n) is 2.89. The Kier molecular flexibility index (Phi) is 3.64. The van der Waals surface area contributed by atoms with Crippen LogP contribution in [0, 0.1) is 11.8 Å². The Balaban J connectivity index is 2.93. The van der Waals surface area contributed by atoms with Crippen LogP contribution in [0.4, 0.5) is 0 Å². The zero-order valence-corrected chi connectivity index (χ0v) is 9.47. The molecule has 0 aromatic rings. The predicted molar refractivity (Wildman–Crippen MR) is 56.8 cm³/mol. The summed E-state index contributed by atoms with van der Waals surface area (Å²) in [6, 6.07) is -1.01. The first-order valence-electron chi connectivity index (χ1n) is 5.25. The van der Waals surface area contributed by atoms with E-state index in [1.54, 1.807) is 0 Å². The number of hydrogen-bond acceptors (Lipinski definition) is 4. The van der Waals surface area contributed by atoms with Gasteiger partial charge in [-0.3, -0.25) is 19.3 Å². The summed E-state index contributed by atoms with van der Waals surface area (Å²) in [7, 11) is 0. The normalized spacial score (nSPS) is 23.0. The fourth-order valence-corrected chi connectivity index (χ4v) is 1.87. The van der Waals surface area contributed by atoms with E-state index in [9.17, 15) is 14.4 Å². The van der Waals surface area contributed by atoms with Gasteiger partial charge in [-0.25, -0.2) is 0 Å². The third kappa shape index (κ3) is 2.06. The van der Waals surface area contributed by atoms with Crippen LogP contribution < -0.4 is 11.5 Å². The largest absolute Gasteiger partial charge is 0.368 e. The van der Waals surface area contributed by atoms with Gasteiger partial charge in [0.1, 0.15) is 6.04 Å². The van der Waals surface area contributed by atoms with E-state index in [1.165, 1.54) is 0 Å². The summed E-state index contributed by atoms with van der Waals surface area (Å²) in [4.78, 5) is 35.6. The van der Waals surface area contributed by atoms with Gasteiger partial charge in [-0.15, -0.1) is 0 Å². The number of carbonyl (C=O) groups is 3. The summed E-state index contributed by atoms with van der Waals surface area (Å²) in [6.45, 7) is 3.60. The molecular formula is C10H17N3O3. The first-order chi connectivity index (χ1) is 7.40. The number of hydrogen-bond donors (Lipinski definition) is 2. The molecule has 1 rings (SSSR count). The standard InChI is InChI=1S/C10H17N3O3/c1-5(2)6-3-8(14)13(10(6)16)7(4-11)9(12)15/h5-7H,3-4,11H2,1-2H3,(H2,12,15). The minimum absolute atomic E-state index is 0.0627. The fourth-order valence-electron chi connectivity index (χ4n) is 1.87. The zero-order chi connectivity index (χ0) is 12.5. The lowest BCUT2D eigenvalue weighted by atomic mass is 9.94. The molecule has 1 heterocycles. The van der Waals surface area contributed by atoms with Crippen LogP contribution in [0.15, 0.2) is 0 Å². The molecule has 0 aromatic heterocycles. The number of nitrogens with two attached hydrogens (primary N) is 2. The van der Waals surface area contributed by atoms with Crippen molar-refractivity contribution in [3.05, 3.63) is 0 Å². The Morgan fingerprint density at radius 2 is 2.06 bits per heavy atom. The van der Waals surface area contributed by atoms with E-state index in [0.717, 1.165) is 4.90 Å². The Morgan fingerprint density at radius 3 is 2.38 bits per heavy atom. The van der Waals surface area contributed by atoms with Crippen LogP contribution >= 0.6 is 0 Å². The summed E-state index contributed by atoms with van der Waals surface area (Å²) in [5.74, 6) is -1.74. The first-order valence-corrected chi connectivity index (χ1v) is 5.25. The molecule has 0 aromatic carbocycles. The van der Waals surface area contributed by atoms with Crippen molar-refractivity contribution in [2.75, 3.05) is 6.54 Å². The zero-order valence-electron chi connectivity index (χ0n) is 9.47. The molecule has 0 spiro atoms. The molecule has 1 fully saturated rings. The van der Waals surface area contributed by atoms with Crippen molar-refractivity contribution in [3.8, 4) is 0 Å². The van der Waals surface area contributed by atoms with Crippen LogP contribution in [0.1, 0.15) is 20.3 Å². The highest BCUT2D eigenvalue weighted by Gasteiger charge is 2.44. The number of carbonyl (C=O) groups excluding carboxylic acids is 3. The minimum atomic E-state index is -1.01. The summed E-state index contributed by atoms with van der Waals surface area (Å²) < 4.78 is 0. The van der Waals surface area contributed by atoms with Gasteiger partial charge in [0, 0.05) is 18.9 Å². The summed E-state index contributed by atoms with van der Waals surface area (Å²) >= 11 is 0. The van der Waals surface area contributed by atoms with Crippen molar-refractivity contribution in [1.82, 2.24) is 4.90 Å². The molecule has 0 aliphatic carbocycles. The van der Waals surface area contributed by atoms with Crippen molar-refractivity contribution < 1.29 is 14.4 Å². The topological polar surface area (TPSA) is 106 Å². The predicted octanol–water partition coefficient (Wildman–Crippen LogP) is -1.17. The number of imide groups is 1. The summed E-state index contributed by atoms with van der Waals surface area (Å²) in [6.07, 6.45) is 0.139. The van der Waals surface area contributed by atoms with E-state index >= 15 is 0 Å². The fraction of sp³-hybridized carbons (Fsp3) is 0.700. The van der Waals surface area contributed by atoms with Crippen LogP contribution in [0.3, 0.4) is 0 Å². The van der Waals surface area contributed by atoms with Gasteiger partial charge in [0.25, 0.3) is 0 Å². The minimum Gasteiger partial charge on any atom is -0.368 e. The van der Waals surface area contributed by atoms with Crippen molar-refractivity contribution in [3.63, 3.8) is 0 Å². The molecule has 1 saturated heterocycles. The van der Waals surface area contributed by atoms with Gasteiger partial charge in [-0.2, -0.15) is 0 Å². The molecule has 3 amide bonds. The number of nitrogens with zero attached hydrogens (tertiary/aromatic N) is 1. The van der Waals surface area contributed by atoms with E-state index in [1.807, 2.05) is 13.8 Å². The smallest absolute Gasteiger partial charge is 0.242 e. The molecular weight excluding hydrogens is 210 g/mol. The van der Waals surface area contributed by atoms with Crippen molar-refractivity contribution in [2.24, 2.45) is 23.3 Å². The quantitative estimate of drug-likeness (QED) is 0.590. The monoisotopic (exact) mass is 227 g/mol. The molecule has 0 bridgehead atoms. The second kappa shape index (κ2) is 4.61. The highest BCUT2D eigenvalue weighted by Crippen LogP contribution is 2.27. The van der Waals surface area contributed by atoms with Gasteiger partial charge in [-0.1, -0.05) is 13.8 Å². The maximum Gasteiger partial charge on any atom is 0.242 e. The molecule has 16 heavy (non-hydrogen) atoms. The Bertz CT molecular complexity index is 327.